The summed E-state index contributed by atoms with van der Waals surface area (Å²) in [4.78, 5) is 18.6. The van der Waals surface area contributed by atoms with Gasteiger partial charge < -0.3 is 14.2 Å². The lowest BCUT2D eigenvalue weighted by molar-refractivity contribution is -0.137. The lowest BCUT2D eigenvalue weighted by Crippen LogP contribution is -2.41. The van der Waals surface area contributed by atoms with Crippen LogP contribution in [-0.2, 0) is 16.1 Å². The zero-order valence-electron chi connectivity index (χ0n) is 14.5. The quantitative estimate of drug-likeness (QED) is 0.810. The fourth-order valence-corrected chi connectivity index (χ4v) is 3.61. The minimum absolute atomic E-state index is 0.138. The van der Waals surface area contributed by atoms with E-state index in [2.05, 4.69) is 16.5 Å². The molecule has 1 aliphatic heterocycles. The number of imidazole rings is 1. The molecule has 23 heavy (non-hydrogen) atoms. The zero-order valence-corrected chi connectivity index (χ0v) is 14.5. The highest BCUT2D eigenvalue weighted by atomic mass is 16.5. The van der Waals surface area contributed by atoms with E-state index in [0.717, 1.165) is 32.5 Å². The number of aryl methyl sites for hydroxylation is 1. The van der Waals surface area contributed by atoms with Gasteiger partial charge in [-0.1, -0.05) is 6.42 Å². The van der Waals surface area contributed by atoms with Gasteiger partial charge in [0.15, 0.2) is 0 Å². The van der Waals surface area contributed by atoms with Crippen LogP contribution in [0.25, 0.3) is 0 Å². The highest BCUT2D eigenvalue weighted by Crippen LogP contribution is 2.36. The maximum Gasteiger partial charge on any atom is 0.248 e. The molecule has 2 aliphatic rings. The Bertz CT molecular complexity index is 528. The zero-order chi connectivity index (χ0) is 16.2. The predicted molar refractivity (Wildman–Crippen MR) is 89.4 cm³/mol. The number of rotatable bonds is 6. The van der Waals surface area contributed by atoms with E-state index in [9.17, 15) is 4.79 Å². The number of hydrogen-bond acceptors (Lipinski definition) is 3. The van der Waals surface area contributed by atoms with E-state index >= 15 is 0 Å². The van der Waals surface area contributed by atoms with Gasteiger partial charge >= 0.3 is 0 Å². The van der Waals surface area contributed by atoms with Crippen molar-refractivity contribution in [3.8, 4) is 0 Å². The molecular weight excluding hydrogens is 290 g/mol. The van der Waals surface area contributed by atoms with Crippen molar-refractivity contribution in [3.63, 3.8) is 0 Å². The molecule has 0 bridgehead atoms. The minimum atomic E-state index is 0.138. The first kappa shape index (κ1) is 16.5. The molecule has 5 heteroatoms. The lowest BCUT2D eigenvalue weighted by atomic mass is 9.84. The van der Waals surface area contributed by atoms with Gasteiger partial charge in [0.25, 0.3) is 0 Å². The molecule has 0 atom stereocenters. The molecule has 5 nitrogen and oxygen atoms in total. The molecule has 2 heterocycles. The minimum Gasteiger partial charge on any atom is -0.372 e. The van der Waals surface area contributed by atoms with Gasteiger partial charge in [-0.3, -0.25) is 4.79 Å². The van der Waals surface area contributed by atoms with E-state index in [1.165, 1.54) is 30.8 Å². The Labute approximate surface area is 139 Å². The van der Waals surface area contributed by atoms with Crippen LogP contribution in [0.4, 0.5) is 0 Å². The van der Waals surface area contributed by atoms with Crippen LogP contribution in [0.1, 0.15) is 56.5 Å². The van der Waals surface area contributed by atoms with Crippen molar-refractivity contribution in [3.05, 3.63) is 17.7 Å². The smallest absolute Gasteiger partial charge is 0.248 e. The van der Waals surface area contributed by atoms with E-state index < -0.39 is 0 Å². The van der Waals surface area contributed by atoms with E-state index in [4.69, 9.17) is 4.74 Å². The van der Waals surface area contributed by atoms with Crippen LogP contribution in [0.15, 0.2) is 6.20 Å². The van der Waals surface area contributed by atoms with E-state index in [1.54, 1.807) is 0 Å². The van der Waals surface area contributed by atoms with Gasteiger partial charge in [-0.25, -0.2) is 4.98 Å². The number of nitrogens with zero attached hydrogens (tertiary/aromatic N) is 3. The maximum atomic E-state index is 12.0. The first-order chi connectivity index (χ1) is 11.2. The van der Waals surface area contributed by atoms with Crippen LogP contribution in [-0.4, -0.2) is 46.7 Å². The van der Waals surface area contributed by atoms with Crippen LogP contribution >= 0.6 is 0 Å². The number of amides is 1. The Kier molecular flexibility index (Phi) is 5.36. The normalized spacial score (nSPS) is 19.8. The molecule has 1 aromatic heterocycles. The molecule has 0 aromatic carbocycles. The second-order valence-corrected chi connectivity index (χ2v) is 6.96. The standard InChI is InChI=1S/C18H29N3O2/c1-3-23-13-17(22)20-9-7-15(8-10-20)12-21-14(2)11-19-18(21)16-5-4-6-16/h11,15-16H,3-10,12-13H2,1-2H3. The summed E-state index contributed by atoms with van der Waals surface area (Å²) < 4.78 is 7.67. The average molecular weight is 319 g/mol. The average Bonchev–Trinajstić information content (AvgIpc) is 2.85. The summed E-state index contributed by atoms with van der Waals surface area (Å²) >= 11 is 0. The summed E-state index contributed by atoms with van der Waals surface area (Å²) in [6, 6.07) is 0. The van der Waals surface area contributed by atoms with Gasteiger partial charge in [0.1, 0.15) is 12.4 Å². The van der Waals surface area contributed by atoms with Gasteiger partial charge in [-0.15, -0.1) is 0 Å². The molecule has 1 amide bonds. The highest BCUT2D eigenvalue weighted by molar-refractivity contribution is 5.77. The molecular formula is C18H29N3O2. The second kappa shape index (κ2) is 7.47. The molecule has 0 spiro atoms. The van der Waals surface area contributed by atoms with Crippen molar-refractivity contribution in [2.75, 3.05) is 26.3 Å². The number of likely N-dealkylation sites (tertiary alicyclic amines) is 1. The fraction of sp³-hybridized carbons (Fsp3) is 0.778. The number of piperidine rings is 1. The number of carbonyl (C=O) groups is 1. The summed E-state index contributed by atoms with van der Waals surface area (Å²) in [5, 5.41) is 0. The summed E-state index contributed by atoms with van der Waals surface area (Å²) in [5.74, 6) is 2.76. The van der Waals surface area contributed by atoms with Gasteiger partial charge in [0.2, 0.25) is 5.91 Å². The van der Waals surface area contributed by atoms with E-state index in [-0.39, 0.29) is 12.5 Å². The van der Waals surface area contributed by atoms with E-state index in [1.807, 2.05) is 18.0 Å². The number of aromatic nitrogens is 2. The van der Waals surface area contributed by atoms with Crippen LogP contribution in [0, 0.1) is 12.8 Å². The summed E-state index contributed by atoms with van der Waals surface area (Å²) in [6.07, 6.45) is 8.12. The fourth-order valence-electron chi connectivity index (χ4n) is 3.61. The summed E-state index contributed by atoms with van der Waals surface area (Å²) in [6.45, 7) is 7.71. The first-order valence-corrected chi connectivity index (χ1v) is 9.06. The Morgan fingerprint density at radius 3 is 2.65 bits per heavy atom. The predicted octanol–water partition coefficient (Wildman–Crippen LogP) is 2.73. The molecule has 128 valence electrons. The number of ether oxygens (including phenoxy) is 1. The molecule has 1 aliphatic carbocycles. The third-order valence-corrected chi connectivity index (χ3v) is 5.39. The SMILES string of the molecule is CCOCC(=O)N1CCC(Cn2c(C)cnc2C2CCC2)CC1. The third-order valence-electron chi connectivity index (χ3n) is 5.39. The van der Waals surface area contributed by atoms with Gasteiger partial charge in [-0.2, -0.15) is 0 Å². The molecule has 3 rings (SSSR count). The third kappa shape index (κ3) is 3.77. The van der Waals surface area contributed by atoms with Crippen molar-refractivity contribution < 1.29 is 9.53 Å². The van der Waals surface area contributed by atoms with Crippen molar-refractivity contribution in [1.82, 2.24) is 14.5 Å². The van der Waals surface area contributed by atoms with Gasteiger partial charge in [0.05, 0.1) is 0 Å². The van der Waals surface area contributed by atoms with Crippen LogP contribution in [0.2, 0.25) is 0 Å². The second-order valence-electron chi connectivity index (χ2n) is 6.96. The summed E-state index contributed by atoms with van der Waals surface area (Å²) in [5.41, 5.74) is 1.28. The first-order valence-electron chi connectivity index (χ1n) is 9.06. The highest BCUT2D eigenvalue weighted by Gasteiger charge is 2.27. The van der Waals surface area contributed by atoms with Crippen molar-refractivity contribution >= 4 is 5.91 Å². The Morgan fingerprint density at radius 2 is 2.04 bits per heavy atom. The maximum absolute atomic E-state index is 12.0. The molecule has 0 N–H and O–H groups in total. The molecule has 2 fully saturated rings. The Morgan fingerprint density at radius 1 is 1.30 bits per heavy atom. The molecule has 1 saturated carbocycles. The van der Waals surface area contributed by atoms with Crippen molar-refractivity contribution in [1.29, 1.82) is 0 Å². The van der Waals surface area contributed by atoms with Gasteiger partial charge in [-0.05, 0) is 45.4 Å². The number of carbonyl (C=O) groups excluding carboxylic acids is 1. The van der Waals surface area contributed by atoms with Crippen LogP contribution < -0.4 is 0 Å². The Hall–Kier alpha value is -1.36. The molecule has 0 radical (unpaired) electrons. The lowest BCUT2D eigenvalue weighted by Gasteiger charge is -2.33. The van der Waals surface area contributed by atoms with Crippen LogP contribution in [0.5, 0.6) is 0 Å². The number of hydrogen-bond donors (Lipinski definition) is 0. The van der Waals surface area contributed by atoms with E-state index in [0.29, 0.717) is 18.4 Å². The topological polar surface area (TPSA) is 47.4 Å². The van der Waals surface area contributed by atoms with Crippen LogP contribution in [0.3, 0.4) is 0 Å². The Balaban J connectivity index is 1.53. The summed E-state index contributed by atoms with van der Waals surface area (Å²) in [7, 11) is 0. The molecule has 0 unspecified atom stereocenters. The monoisotopic (exact) mass is 319 g/mol. The van der Waals surface area contributed by atoms with Gasteiger partial charge in [0, 0.05) is 44.0 Å². The molecule has 1 saturated heterocycles. The van der Waals surface area contributed by atoms with Crippen molar-refractivity contribution in [2.24, 2.45) is 5.92 Å². The molecule has 1 aromatic rings. The largest absolute Gasteiger partial charge is 0.372 e. The van der Waals surface area contributed by atoms with Crippen molar-refractivity contribution in [2.45, 2.75) is 58.4 Å².